The molecule has 4 nitrogen and oxygen atoms in total. The fraction of sp³-hybridized carbons (Fsp3) is 1.00. The number of rotatable bonds is 8. The number of sulfonamides is 1. The van der Waals surface area contributed by atoms with Gasteiger partial charge in [0.15, 0.2) is 0 Å². The van der Waals surface area contributed by atoms with Crippen molar-refractivity contribution in [3.05, 3.63) is 0 Å². The van der Waals surface area contributed by atoms with Crippen LogP contribution >= 0.6 is 0 Å². The summed E-state index contributed by atoms with van der Waals surface area (Å²) in [5, 5.41) is 9.97. The van der Waals surface area contributed by atoms with E-state index >= 15 is 0 Å². The van der Waals surface area contributed by atoms with Gasteiger partial charge in [-0.1, -0.05) is 20.8 Å². The zero-order chi connectivity index (χ0) is 12.8. The minimum atomic E-state index is -3.21. The van der Waals surface area contributed by atoms with E-state index in [4.69, 9.17) is 0 Å². The average Bonchev–Trinajstić information content (AvgIpc) is 2.13. The summed E-state index contributed by atoms with van der Waals surface area (Å²) in [4.78, 5) is 0. The Morgan fingerprint density at radius 3 is 2.38 bits per heavy atom. The first kappa shape index (κ1) is 15.9. The molecule has 1 atom stereocenters. The van der Waals surface area contributed by atoms with Crippen LogP contribution in [0, 0.1) is 5.92 Å². The van der Waals surface area contributed by atoms with Crippen molar-refractivity contribution in [1.82, 2.24) is 4.72 Å². The Labute approximate surface area is 99.5 Å². The standard InChI is InChI=1S/C11H25NO3S/c1-5-8-16(14,15)12-9-11(4,13)7-6-10(2)3/h10,12-13H,5-9H2,1-4H3/t11-/m0/s1. The molecule has 98 valence electrons. The van der Waals surface area contributed by atoms with E-state index in [1.807, 2.05) is 6.92 Å². The van der Waals surface area contributed by atoms with Crippen LogP contribution in [0.3, 0.4) is 0 Å². The largest absolute Gasteiger partial charge is 0.389 e. The van der Waals surface area contributed by atoms with E-state index in [9.17, 15) is 13.5 Å². The normalized spacial score (nSPS) is 16.4. The highest BCUT2D eigenvalue weighted by Gasteiger charge is 2.22. The van der Waals surface area contributed by atoms with Crippen LogP contribution in [0.25, 0.3) is 0 Å². The topological polar surface area (TPSA) is 66.4 Å². The summed E-state index contributed by atoms with van der Waals surface area (Å²) in [6.07, 6.45) is 2.09. The molecule has 0 unspecified atom stereocenters. The van der Waals surface area contributed by atoms with Gasteiger partial charge in [0.05, 0.1) is 11.4 Å². The second-order valence-corrected chi connectivity index (χ2v) is 7.00. The van der Waals surface area contributed by atoms with Crippen LogP contribution in [-0.2, 0) is 10.0 Å². The van der Waals surface area contributed by atoms with Gasteiger partial charge in [0.2, 0.25) is 10.0 Å². The molecule has 5 heteroatoms. The van der Waals surface area contributed by atoms with Crippen LogP contribution in [0.2, 0.25) is 0 Å². The summed E-state index contributed by atoms with van der Waals surface area (Å²) >= 11 is 0. The van der Waals surface area contributed by atoms with E-state index in [0.717, 1.165) is 6.42 Å². The molecule has 0 bridgehead atoms. The molecule has 0 aromatic rings. The number of nitrogens with one attached hydrogen (secondary N) is 1. The van der Waals surface area contributed by atoms with Gasteiger partial charge in [-0.3, -0.25) is 0 Å². The molecule has 0 aliphatic heterocycles. The maximum atomic E-state index is 11.4. The molecule has 0 heterocycles. The Morgan fingerprint density at radius 1 is 1.38 bits per heavy atom. The Morgan fingerprint density at radius 2 is 1.94 bits per heavy atom. The second-order valence-electron chi connectivity index (χ2n) is 5.07. The second kappa shape index (κ2) is 6.57. The van der Waals surface area contributed by atoms with Gasteiger partial charge in [-0.2, -0.15) is 0 Å². The van der Waals surface area contributed by atoms with E-state index in [1.54, 1.807) is 6.92 Å². The van der Waals surface area contributed by atoms with Gasteiger partial charge in [0.1, 0.15) is 0 Å². The summed E-state index contributed by atoms with van der Waals surface area (Å²) in [6, 6.07) is 0. The number of aliphatic hydroxyl groups is 1. The lowest BCUT2D eigenvalue weighted by Crippen LogP contribution is -2.41. The Kier molecular flexibility index (Phi) is 6.51. The fourth-order valence-electron chi connectivity index (χ4n) is 1.29. The van der Waals surface area contributed by atoms with Crippen molar-refractivity contribution >= 4 is 10.0 Å². The van der Waals surface area contributed by atoms with Gasteiger partial charge in [0.25, 0.3) is 0 Å². The summed E-state index contributed by atoms with van der Waals surface area (Å²) in [5.41, 5.74) is -0.953. The molecule has 0 aromatic carbocycles. The maximum Gasteiger partial charge on any atom is 0.211 e. The van der Waals surface area contributed by atoms with Crippen LogP contribution in [0.1, 0.15) is 47.0 Å². The van der Waals surface area contributed by atoms with E-state index in [2.05, 4.69) is 18.6 Å². The smallest absolute Gasteiger partial charge is 0.211 e. The summed E-state index contributed by atoms with van der Waals surface area (Å²) < 4.78 is 25.2. The lowest BCUT2D eigenvalue weighted by molar-refractivity contribution is 0.0506. The third-order valence-electron chi connectivity index (χ3n) is 2.41. The molecule has 16 heavy (non-hydrogen) atoms. The molecule has 0 saturated heterocycles. The maximum absolute atomic E-state index is 11.4. The highest BCUT2D eigenvalue weighted by atomic mass is 32.2. The van der Waals surface area contributed by atoms with Crippen molar-refractivity contribution in [2.75, 3.05) is 12.3 Å². The minimum Gasteiger partial charge on any atom is -0.389 e. The number of hydrogen-bond acceptors (Lipinski definition) is 3. The molecule has 0 aliphatic rings. The van der Waals surface area contributed by atoms with Gasteiger partial charge in [-0.25, -0.2) is 13.1 Å². The summed E-state index contributed by atoms with van der Waals surface area (Å²) in [5.74, 6) is 0.631. The predicted molar refractivity (Wildman–Crippen MR) is 66.8 cm³/mol. The molecule has 0 saturated carbocycles. The highest BCUT2D eigenvalue weighted by molar-refractivity contribution is 7.89. The lowest BCUT2D eigenvalue weighted by Gasteiger charge is -2.24. The van der Waals surface area contributed by atoms with E-state index < -0.39 is 15.6 Å². The Bertz CT molecular complexity index is 284. The van der Waals surface area contributed by atoms with Crippen LogP contribution in [-0.4, -0.2) is 31.4 Å². The quantitative estimate of drug-likeness (QED) is 0.687. The van der Waals surface area contributed by atoms with Gasteiger partial charge in [-0.15, -0.1) is 0 Å². The molecule has 2 N–H and O–H groups in total. The molecule has 0 radical (unpaired) electrons. The van der Waals surface area contributed by atoms with Gasteiger partial charge < -0.3 is 5.11 Å². The van der Waals surface area contributed by atoms with E-state index in [-0.39, 0.29) is 12.3 Å². The van der Waals surface area contributed by atoms with E-state index in [1.165, 1.54) is 0 Å². The summed E-state index contributed by atoms with van der Waals surface area (Å²) in [7, 11) is -3.21. The zero-order valence-corrected chi connectivity index (χ0v) is 11.6. The minimum absolute atomic E-state index is 0.0993. The third-order valence-corrected chi connectivity index (χ3v) is 3.94. The fourth-order valence-corrected chi connectivity index (χ4v) is 2.51. The first-order valence-electron chi connectivity index (χ1n) is 5.88. The SMILES string of the molecule is CCCS(=O)(=O)NC[C@@](C)(O)CCC(C)C. The van der Waals surface area contributed by atoms with Crippen molar-refractivity contribution in [1.29, 1.82) is 0 Å². The zero-order valence-electron chi connectivity index (χ0n) is 10.8. The van der Waals surface area contributed by atoms with Crippen molar-refractivity contribution < 1.29 is 13.5 Å². The third kappa shape index (κ3) is 8.07. The first-order chi connectivity index (χ1) is 7.18. The molecular formula is C11H25NO3S. The molecule has 0 spiro atoms. The van der Waals surface area contributed by atoms with Crippen LogP contribution in [0.5, 0.6) is 0 Å². The number of hydrogen-bond donors (Lipinski definition) is 2. The summed E-state index contributed by atoms with van der Waals surface area (Å²) in [6.45, 7) is 7.75. The van der Waals surface area contributed by atoms with Crippen LogP contribution < -0.4 is 4.72 Å². The van der Waals surface area contributed by atoms with Gasteiger partial charge >= 0.3 is 0 Å². The monoisotopic (exact) mass is 251 g/mol. The van der Waals surface area contributed by atoms with Gasteiger partial charge in [0, 0.05) is 6.54 Å². The van der Waals surface area contributed by atoms with Crippen molar-refractivity contribution in [2.45, 2.75) is 52.6 Å². The molecule has 0 aliphatic carbocycles. The van der Waals surface area contributed by atoms with Crippen molar-refractivity contribution in [3.63, 3.8) is 0 Å². The Balaban J connectivity index is 4.07. The van der Waals surface area contributed by atoms with Gasteiger partial charge in [-0.05, 0) is 32.1 Å². The van der Waals surface area contributed by atoms with Crippen molar-refractivity contribution in [3.8, 4) is 0 Å². The molecule has 0 rings (SSSR count). The predicted octanol–water partition coefficient (Wildman–Crippen LogP) is 1.50. The molecular weight excluding hydrogens is 226 g/mol. The van der Waals surface area contributed by atoms with E-state index in [0.29, 0.717) is 18.8 Å². The Hall–Kier alpha value is -0.130. The van der Waals surface area contributed by atoms with Crippen molar-refractivity contribution in [2.24, 2.45) is 5.92 Å². The van der Waals surface area contributed by atoms with Crippen LogP contribution in [0.4, 0.5) is 0 Å². The van der Waals surface area contributed by atoms with Crippen LogP contribution in [0.15, 0.2) is 0 Å². The molecule has 0 amide bonds. The average molecular weight is 251 g/mol. The first-order valence-corrected chi connectivity index (χ1v) is 7.53. The molecule has 0 aromatic heterocycles. The molecule has 0 fully saturated rings. The highest BCUT2D eigenvalue weighted by Crippen LogP contribution is 2.15. The lowest BCUT2D eigenvalue weighted by atomic mass is 9.96.